The normalized spacial score (nSPS) is 10.9. The molecule has 2 nitrogen and oxygen atoms in total. The van der Waals surface area contributed by atoms with E-state index in [-0.39, 0.29) is 0 Å². The largest absolute Gasteiger partial charge is 0.388 e. The Morgan fingerprint density at radius 3 is 2.79 bits per heavy atom. The SMILES string of the molecule is C#C/C=C\c1sc2cc(C(=N)c3ccccc3NC)ccc2c1C. The summed E-state index contributed by atoms with van der Waals surface area (Å²) in [7, 11) is 1.88. The number of allylic oxidation sites excluding steroid dienone is 1. The van der Waals surface area contributed by atoms with Gasteiger partial charge >= 0.3 is 0 Å². The molecule has 0 aliphatic carbocycles. The second kappa shape index (κ2) is 6.74. The molecule has 0 unspecified atom stereocenters. The highest BCUT2D eigenvalue weighted by atomic mass is 32.1. The van der Waals surface area contributed by atoms with E-state index < -0.39 is 0 Å². The van der Waals surface area contributed by atoms with Crippen LogP contribution in [0.2, 0.25) is 0 Å². The Hall–Kier alpha value is -2.83. The molecule has 0 fully saturated rings. The van der Waals surface area contributed by atoms with Crippen LogP contribution in [0, 0.1) is 24.7 Å². The maximum atomic E-state index is 8.59. The molecule has 24 heavy (non-hydrogen) atoms. The molecule has 0 aliphatic rings. The van der Waals surface area contributed by atoms with Gasteiger partial charge in [-0.1, -0.05) is 36.3 Å². The van der Waals surface area contributed by atoms with Crippen LogP contribution in [0.5, 0.6) is 0 Å². The van der Waals surface area contributed by atoms with Crippen LogP contribution in [0.1, 0.15) is 21.6 Å². The lowest BCUT2D eigenvalue weighted by atomic mass is 9.99. The minimum absolute atomic E-state index is 0.522. The van der Waals surface area contributed by atoms with E-state index in [2.05, 4.69) is 30.3 Å². The Morgan fingerprint density at radius 2 is 2.04 bits per heavy atom. The van der Waals surface area contributed by atoms with Gasteiger partial charge in [0.15, 0.2) is 0 Å². The summed E-state index contributed by atoms with van der Waals surface area (Å²) in [5, 5.41) is 13.0. The van der Waals surface area contributed by atoms with Gasteiger partial charge in [0, 0.05) is 33.4 Å². The number of anilines is 1. The summed E-state index contributed by atoms with van der Waals surface area (Å²) in [4.78, 5) is 1.17. The molecule has 3 rings (SSSR count). The molecular weight excluding hydrogens is 312 g/mol. The molecular formula is C21H18N2S. The van der Waals surface area contributed by atoms with Crippen molar-refractivity contribution in [3.63, 3.8) is 0 Å². The second-order valence-electron chi connectivity index (χ2n) is 5.47. The van der Waals surface area contributed by atoms with Gasteiger partial charge in [-0.25, -0.2) is 0 Å². The zero-order chi connectivity index (χ0) is 17.1. The number of nitrogens with one attached hydrogen (secondary N) is 2. The van der Waals surface area contributed by atoms with Crippen molar-refractivity contribution in [3.05, 3.63) is 70.1 Å². The van der Waals surface area contributed by atoms with Crippen molar-refractivity contribution in [2.75, 3.05) is 12.4 Å². The fourth-order valence-electron chi connectivity index (χ4n) is 2.76. The molecule has 0 atom stereocenters. The summed E-state index contributed by atoms with van der Waals surface area (Å²) in [5.41, 5.74) is 4.53. The Bertz CT molecular complexity index is 987. The maximum absolute atomic E-state index is 8.59. The molecule has 3 aromatic rings. The van der Waals surface area contributed by atoms with Crippen molar-refractivity contribution in [3.8, 4) is 12.3 Å². The van der Waals surface area contributed by atoms with E-state index >= 15 is 0 Å². The van der Waals surface area contributed by atoms with Crippen LogP contribution in [-0.2, 0) is 0 Å². The molecule has 3 heteroatoms. The summed E-state index contributed by atoms with van der Waals surface area (Å²) >= 11 is 1.71. The number of hydrogen-bond donors (Lipinski definition) is 2. The zero-order valence-electron chi connectivity index (χ0n) is 13.7. The van der Waals surface area contributed by atoms with Crippen molar-refractivity contribution in [1.29, 1.82) is 5.41 Å². The van der Waals surface area contributed by atoms with E-state index in [1.165, 1.54) is 20.5 Å². The minimum Gasteiger partial charge on any atom is -0.388 e. The smallest absolute Gasteiger partial charge is 0.0705 e. The van der Waals surface area contributed by atoms with Crippen LogP contribution in [-0.4, -0.2) is 12.8 Å². The third kappa shape index (κ3) is 2.84. The van der Waals surface area contributed by atoms with E-state index in [0.29, 0.717) is 5.71 Å². The highest BCUT2D eigenvalue weighted by Gasteiger charge is 2.12. The van der Waals surface area contributed by atoms with Gasteiger partial charge in [-0.2, -0.15) is 0 Å². The zero-order valence-corrected chi connectivity index (χ0v) is 14.5. The van der Waals surface area contributed by atoms with Crippen molar-refractivity contribution in [2.45, 2.75) is 6.92 Å². The predicted molar refractivity (Wildman–Crippen MR) is 106 cm³/mol. The average Bonchev–Trinajstić information content (AvgIpc) is 2.94. The van der Waals surface area contributed by atoms with Crippen LogP contribution >= 0.6 is 11.3 Å². The Kier molecular flexibility index (Phi) is 4.50. The number of aryl methyl sites for hydroxylation is 1. The topological polar surface area (TPSA) is 35.9 Å². The third-order valence-corrected chi connectivity index (χ3v) is 5.28. The van der Waals surface area contributed by atoms with Gasteiger partial charge in [-0.05, 0) is 42.2 Å². The molecule has 0 radical (unpaired) electrons. The molecule has 0 amide bonds. The first-order valence-electron chi connectivity index (χ1n) is 7.67. The van der Waals surface area contributed by atoms with Crippen molar-refractivity contribution in [2.24, 2.45) is 0 Å². The molecule has 0 bridgehead atoms. The molecule has 2 aromatic carbocycles. The molecule has 0 saturated heterocycles. The predicted octanol–water partition coefficient (Wildman–Crippen LogP) is 5.31. The maximum Gasteiger partial charge on any atom is 0.0705 e. The number of hydrogen-bond acceptors (Lipinski definition) is 3. The van der Waals surface area contributed by atoms with Crippen molar-refractivity contribution >= 4 is 38.9 Å². The lowest BCUT2D eigenvalue weighted by Crippen LogP contribution is -2.05. The van der Waals surface area contributed by atoms with Gasteiger partial charge < -0.3 is 5.32 Å². The van der Waals surface area contributed by atoms with Gasteiger partial charge in [0.05, 0.1) is 5.71 Å². The summed E-state index contributed by atoms with van der Waals surface area (Å²) < 4.78 is 1.17. The molecule has 118 valence electrons. The number of benzene rings is 2. The number of para-hydroxylation sites is 1. The van der Waals surface area contributed by atoms with Crippen molar-refractivity contribution in [1.82, 2.24) is 0 Å². The molecule has 2 N–H and O–H groups in total. The molecule has 0 aliphatic heterocycles. The lowest BCUT2D eigenvalue weighted by Gasteiger charge is -2.10. The van der Waals surface area contributed by atoms with Gasteiger partial charge in [0.1, 0.15) is 0 Å². The Labute approximate surface area is 146 Å². The average molecular weight is 330 g/mol. The molecule has 1 heterocycles. The number of rotatable bonds is 4. The minimum atomic E-state index is 0.522. The van der Waals surface area contributed by atoms with Crippen LogP contribution < -0.4 is 5.32 Å². The van der Waals surface area contributed by atoms with E-state index in [1.54, 1.807) is 17.4 Å². The van der Waals surface area contributed by atoms with Crippen molar-refractivity contribution < 1.29 is 0 Å². The first-order chi connectivity index (χ1) is 11.7. The highest BCUT2D eigenvalue weighted by molar-refractivity contribution is 7.20. The molecule has 0 saturated carbocycles. The number of terminal acetylenes is 1. The van der Waals surface area contributed by atoms with E-state index in [0.717, 1.165) is 16.8 Å². The summed E-state index contributed by atoms with van der Waals surface area (Å²) in [6, 6.07) is 14.1. The van der Waals surface area contributed by atoms with Crippen LogP contribution in [0.25, 0.3) is 16.2 Å². The summed E-state index contributed by atoms with van der Waals surface area (Å²) in [6.45, 7) is 2.11. The fraction of sp³-hybridized carbons (Fsp3) is 0.0952. The summed E-state index contributed by atoms with van der Waals surface area (Å²) in [5.74, 6) is 2.54. The summed E-state index contributed by atoms with van der Waals surface area (Å²) in [6.07, 6.45) is 9.01. The number of fused-ring (bicyclic) bond motifs is 1. The van der Waals surface area contributed by atoms with Gasteiger partial charge in [0.25, 0.3) is 0 Å². The van der Waals surface area contributed by atoms with E-state index in [4.69, 9.17) is 11.8 Å². The monoisotopic (exact) mass is 330 g/mol. The number of thiophene rings is 1. The van der Waals surface area contributed by atoms with Crippen LogP contribution in [0.4, 0.5) is 5.69 Å². The first-order valence-corrected chi connectivity index (χ1v) is 8.49. The van der Waals surface area contributed by atoms with Gasteiger partial charge in [0.2, 0.25) is 0 Å². The lowest BCUT2D eigenvalue weighted by molar-refractivity contribution is 1.43. The van der Waals surface area contributed by atoms with E-state index in [9.17, 15) is 0 Å². The van der Waals surface area contributed by atoms with Gasteiger partial charge in [-0.15, -0.1) is 17.8 Å². The molecule has 0 spiro atoms. The first kappa shape index (κ1) is 16.0. The van der Waals surface area contributed by atoms with E-state index in [1.807, 2.05) is 43.5 Å². The Balaban J connectivity index is 2.06. The standard InChI is InChI=1S/C21H18N2S/c1-4-5-10-19-14(2)16-12-11-15(13-20(16)24-19)21(22)17-8-6-7-9-18(17)23-3/h1,5-13,22-23H,2-3H3/b10-5-,22-21?. The highest BCUT2D eigenvalue weighted by Crippen LogP contribution is 2.33. The van der Waals surface area contributed by atoms with Gasteiger partial charge in [-0.3, -0.25) is 5.41 Å². The quantitative estimate of drug-likeness (QED) is 0.493. The van der Waals surface area contributed by atoms with Crippen LogP contribution in [0.3, 0.4) is 0 Å². The Morgan fingerprint density at radius 1 is 1.25 bits per heavy atom. The second-order valence-corrected chi connectivity index (χ2v) is 6.56. The van der Waals surface area contributed by atoms with Crippen LogP contribution in [0.15, 0.2) is 48.5 Å². The third-order valence-electron chi connectivity index (χ3n) is 4.06. The fourth-order valence-corrected chi connectivity index (χ4v) is 3.91. The molecule has 1 aromatic heterocycles.